The molecule has 1 aliphatic rings. The molecule has 1 aliphatic heterocycles. The fraction of sp³-hybridized carbons (Fsp3) is 0.368. The van der Waals surface area contributed by atoms with Crippen LogP contribution in [0.25, 0.3) is 0 Å². The van der Waals surface area contributed by atoms with Gasteiger partial charge in [-0.15, -0.1) is 0 Å². The van der Waals surface area contributed by atoms with Crippen molar-refractivity contribution < 1.29 is 19.3 Å². The van der Waals surface area contributed by atoms with Crippen LogP contribution in [0.3, 0.4) is 0 Å². The van der Waals surface area contributed by atoms with Gasteiger partial charge in [-0.05, 0) is 12.1 Å². The number of ether oxygens (including phenoxy) is 3. The fourth-order valence-electron chi connectivity index (χ4n) is 2.79. The second kappa shape index (κ2) is 8.04. The van der Waals surface area contributed by atoms with Crippen LogP contribution in [0.1, 0.15) is 23.7 Å². The molecule has 0 bridgehead atoms. The van der Waals surface area contributed by atoms with Crippen LogP contribution in [0.15, 0.2) is 42.5 Å². The van der Waals surface area contributed by atoms with Crippen LogP contribution in [0, 0.1) is 0 Å². The molecule has 1 atom stereocenters. The molecule has 0 unspecified atom stereocenters. The molecule has 0 radical (unpaired) electrons. The lowest BCUT2D eigenvalue weighted by molar-refractivity contribution is 0.170. The predicted molar refractivity (Wildman–Crippen MR) is 91.7 cm³/mol. The molecular formula is C19H23NO4. The van der Waals surface area contributed by atoms with E-state index in [0.29, 0.717) is 32.1 Å². The zero-order chi connectivity index (χ0) is 16.8. The first-order valence-electron chi connectivity index (χ1n) is 8.19. The summed E-state index contributed by atoms with van der Waals surface area (Å²) < 4.78 is 16.8. The number of hydrogen-bond acceptors (Lipinski definition) is 5. The summed E-state index contributed by atoms with van der Waals surface area (Å²) in [5, 5.41) is 13.7. The third kappa shape index (κ3) is 3.80. The molecule has 2 N–H and O–H groups in total. The predicted octanol–water partition coefficient (Wildman–Crippen LogP) is 2.68. The van der Waals surface area contributed by atoms with Crippen LogP contribution in [0.2, 0.25) is 0 Å². The Bertz CT molecular complexity index is 674. The first kappa shape index (κ1) is 16.6. The van der Waals surface area contributed by atoms with E-state index in [1.807, 2.05) is 42.5 Å². The van der Waals surface area contributed by atoms with Crippen molar-refractivity contribution in [3.05, 3.63) is 53.6 Å². The van der Waals surface area contributed by atoms with Crippen molar-refractivity contribution in [3.8, 4) is 17.2 Å². The van der Waals surface area contributed by atoms with Crippen LogP contribution < -0.4 is 19.5 Å². The zero-order valence-corrected chi connectivity index (χ0v) is 13.8. The van der Waals surface area contributed by atoms with Crippen LogP contribution in [0.5, 0.6) is 17.2 Å². The van der Waals surface area contributed by atoms with Crippen LogP contribution in [-0.2, 0) is 6.54 Å². The summed E-state index contributed by atoms with van der Waals surface area (Å²) >= 11 is 0. The lowest BCUT2D eigenvalue weighted by atomic mass is 10.1. The molecule has 5 nitrogen and oxygen atoms in total. The number of benzene rings is 2. The first-order chi connectivity index (χ1) is 11.8. The van der Waals surface area contributed by atoms with E-state index in [1.165, 1.54) is 0 Å². The molecule has 1 heterocycles. The molecule has 128 valence electrons. The summed E-state index contributed by atoms with van der Waals surface area (Å²) in [4.78, 5) is 0. The van der Waals surface area contributed by atoms with Crippen molar-refractivity contribution in [2.75, 3.05) is 26.9 Å². The van der Waals surface area contributed by atoms with Crippen molar-refractivity contribution in [1.29, 1.82) is 0 Å². The minimum atomic E-state index is -0.638. The van der Waals surface area contributed by atoms with Crippen molar-refractivity contribution >= 4 is 0 Å². The molecular weight excluding hydrogens is 306 g/mol. The van der Waals surface area contributed by atoms with E-state index in [4.69, 9.17) is 14.2 Å². The van der Waals surface area contributed by atoms with E-state index < -0.39 is 6.10 Å². The summed E-state index contributed by atoms with van der Waals surface area (Å²) in [5.41, 5.74) is 1.81. The van der Waals surface area contributed by atoms with E-state index in [0.717, 1.165) is 29.0 Å². The quantitative estimate of drug-likeness (QED) is 0.853. The van der Waals surface area contributed by atoms with E-state index in [1.54, 1.807) is 7.11 Å². The van der Waals surface area contributed by atoms with Gasteiger partial charge in [-0.2, -0.15) is 0 Å². The molecule has 0 fully saturated rings. The topological polar surface area (TPSA) is 60.0 Å². The Hall–Kier alpha value is -2.24. The van der Waals surface area contributed by atoms with Gasteiger partial charge in [0, 0.05) is 30.6 Å². The third-order valence-corrected chi connectivity index (χ3v) is 4.00. The molecule has 0 amide bonds. The van der Waals surface area contributed by atoms with Crippen molar-refractivity contribution in [2.45, 2.75) is 19.1 Å². The maximum atomic E-state index is 10.4. The number of methoxy groups -OCH3 is 1. The normalized spacial score (nSPS) is 14.8. The molecule has 0 spiro atoms. The molecule has 0 aliphatic carbocycles. The summed E-state index contributed by atoms with van der Waals surface area (Å²) in [6.45, 7) is 2.36. The average Bonchev–Trinajstić information content (AvgIpc) is 2.87. The number of aliphatic hydroxyl groups is 1. The van der Waals surface area contributed by atoms with Crippen molar-refractivity contribution in [2.24, 2.45) is 0 Å². The molecule has 0 saturated heterocycles. The number of nitrogens with one attached hydrogen (secondary N) is 1. The molecule has 0 saturated carbocycles. The Morgan fingerprint density at radius 2 is 1.96 bits per heavy atom. The van der Waals surface area contributed by atoms with Gasteiger partial charge in [0.05, 0.1) is 26.4 Å². The van der Waals surface area contributed by atoms with Gasteiger partial charge in [0.1, 0.15) is 5.75 Å². The van der Waals surface area contributed by atoms with E-state index in [2.05, 4.69) is 5.32 Å². The highest BCUT2D eigenvalue weighted by Crippen LogP contribution is 2.33. The summed E-state index contributed by atoms with van der Waals surface area (Å²) in [5.74, 6) is 2.28. The molecule has 24 heavy (non-hydrogen) atoms. The monoisotopic (exact) mass is 329 g/mol. The second-order valence-electron chi connectivity index (χ2n) is 5.68. The first-order valence-corrected chi connectivity index (χ1v) is 8.19. The highest BCUT2D eigenvalue weighted by molar-refractivity contribution is 5.47. The number of rotatable bonds is 6. The van der Waals surface area contributed by atoms with Crippen molar-refractivity contribution in [1.82, 2.24) is 5.32 Å². The Kier molecular flexibility index (Phi) is 5.56. The third-order valence-electron chi connectivity index (χ3n) is 4.00. The van der Waals surface area contributed by atoms with E-state index in [9.17, 15) is 5.11 Å². The average molecular weight is 329 g/mol. The van der Waals surface area contributed by atoms with Crippen LogP contribution in [-0.4, -0.2) is 32.0 Å². The van der Waals surface area contributed by atoms with Gasteiger partial charge < -0.3 is 24.6 Å². The van der Waals surface area contributed by atoms with E-state index in [-0.39, 0.29) is 0 Å². The number of fused-ring (bicyclic) bond motifs is 1. The van der Waals surface area contributed by atoms with Gasteiger partial charge in [0.25, 0.3) is 0 Å². The lowest BCUT2D eigenvalue weighted by Crippen LogP contribution is -2.21. The highest BCUT2D eigenvalue weighted by atomic mass is 16.5. The molecule has 5 heteroatoms. The maximum Gasteiger partial charge on any atom is 0.165 e. The fourth-order valence-corrected chi connectivity index (χ4v) is 2.79. The van der Waals surface area contributed by atoms with Crippen LogP contribution >= 0.6 is 0 Å². The molecule has 2 aromatic rings. The number of hydrogen-bond donors (Lipinski definition) is 2. The molecule has 2 aromatic carbocycles. The largest absolute Gasteiger partial charge is 0.496 e. The smallest absolute Gasteiger partial charge is 0.165 e. The standard InChI is InChI=1S/C19H23NO4/c1-22-17-8-3-2-7-15(17)16(21)13-20-12-14-6-4-9-18-19(14)24-11-5-10-23-18/h2-4,6-9,16,20-21H,5,10-13H2,1H3/t16-/m1/s1. The summed E-state index contributed by atoms with van der Waals surface area (Å²) in [6.07, 6.45) is 0.245. The minimum Gasteiger partial charge on any atom is -0.496 e. The molecule has 0 aromatic heterocycles. The van der Waals surface area contributed by atoms with Crippen LogP contribution in [0.4, 0.5) is 0 Å². The van der Waals surface area contributed by atoms with Gasteiger partial charge in [-0.1, -0.05) is 30.3 Å². The zero-order valence-electron chi connectivity index (χ0n) is 13.8. The Balaban J connectivity index is 1.62. The van der Waals surface area contributed by atoms with Crippen molar-refractivity contribution in [3.63, 3.8) is 0 Å². The SMILES string of the molecule is COc1ccccc1[C@H](O)CNCc1cccc2c1OCCCO2. The minimum absolute atomic E-state index is 0.422. The Morgan fingerprint density at radius 1 is 1.12 bits per heavy atom. The van der Waals surface area contributed by atoms with Gasteiger partial charge in [0.2, 0.25) is 0 Å². The number of aliphatic hydroxyl groups excluding tert-OH is 1. The number of para-hydroxylation sites is 2. The van der Waals surface area contributed by atoms with Gasteiger partial charge in [0.15, 0.2) is 11.5 Å². The van der Waals surface area contributed by atoms with E-state index >= 15 is 0 Å². The second-order valence-corrected chi connectivity index (χ2v) is 5.68. The van der Waals surface area contributed by atoms with Gasteiger partial charge in [-0.3, -0.25) is 0 Å². The summed E-state index contributed by atoms with van der Waals surface area (Å²) in [6, 6.07) is 13.4. The molecule has 3 rings (SSSR count). The maximum absolute atomic E-state index is 10.4. The van der Waals surface area contributed by atoms with Gasteiger partial charge in [-0.25, -0.2) is 0 Å². The highest BCUT2D eigenvalue weighted by Gasteiger charge is 2.16. The summed E-state index contributed by atoms with van der Waals surface area (Å²) in [7, 11) is 1.61. The Morgan fingerprint density at radius 3 is 2.83 bits per heavy atom. The van der Waals surface area contributed by atoms with Gasteiger partial charge >= 0.3 is 0 Å². The lowest BCUT2D eigenvalue weighted by Gasteiger charge is -2.17. The Labute approximate surface area is 142 Å².